The molecule has 0 aliphatic rings. The zero-order valence-electron chi connectivity index (χ0n) is 11.8. The van der Waals surface area contributed by atoms with E-state index >= 15 is 0 Å². The molecule has 0 radical (unpaired) electrons. The van der Waals surface area contributed by atoms with Crippen molar-refractivity contribution in [1.82, 2.24) is 0 Å². The first-order valence-corrected chi connectivity index (χ1v) is 8.26. The second-order valence-electron chi connectivity index (χ2n) is 5.07. The van der Waals surface area contributed by atoms with Gasteiger partial charge in [-0.05, 0) is 42.3 Å². The quantitative estimate of drug-likeness (QED) is 0.438. The molecule has 0 spiro atoms. The molecular formula is C17H14Cl4O. The van der Waals surface area contributed by atoms with E-state index in [1.54, 1.807) is 24.3 Å². The molecule has 1 unspecified atom stereocenters. The highest BCUT2D eigenvalue weighted by Gasteiger charge is 2.37. The molecule has 0 bridgehead atoms. The molecular weight excluding hydrogens is 362 g/mol. The molecule has 116 valence electrons. The van der Waals surface area contributed by atoms with Crippen molar-refractivity contribution in [2.45, 2.75) is 23.1 Å². The fourth-order valence-electron chi connectivity index (χ4n) is 2.18. The number of hydrogen-bond donors (Lipinski definition) is 0. The number of rotatable bonds is 5. The Balaban J connectivity index is 2.18. The van der Waals surface area contributed by atoms with Crippen molar-refractivity contribution in [3.63, 3.8) is 0 Å². The maximum atomic E-state index is 12.5. The van der Waals surface area contributed by atoms with Crippen molar-refractivity contribution in [2.75, 3.05) is 0 Å². The SMILES string of the molecule is Cc1ccccc1C(Cl)CC(Cl)(Cl)C(=O)c1ccc(Cl)cc1. The lowest BCUT2D eigenvalue weighted by Crippen LogP contribution is -2.27. The van der Waals surface area contributed by atoms with E-state index in [1.165, 1.54) is 0 Å². The summed E-state index contributed by atoms with van der Waals surface area (Å²) >= 11 is 24.7. The van der Waals surface area contributed by atoms with E-state index in [9.17, 15) is 4.79 Å². The number of carbonyl (C=O) groups excluding carboxylic acids is 1. The van der Waals surface area contributed by atoms with E-state index < -0.39 is 9.71 Å². The summed E-state index contributed by atoms with van der Waals surface area (Å²) in [4.78, 5) is 12.5. The molecule has 0 aromatic heterocycles. The van der Waals surface area contributed by atoms with Gasteiger partial charge in [-0.3, -0.25) is 4.79 Å². The minimum absolute atomic E-state index is 0.115. The van der Waals surface area contributed by atoms with Crippen LogP contribution in [0.2, 0.25) is 5.02 Å². The summed E-state index contributed by atoms with van der Waals surface area (Å²) < 4.78 is -1.59. The largest absolute Gasteiger partial charge is 0.291 e. The minimum Gasteiger partial charge on any atom is -0.291 e. The molecule has 0 N–H and O–H groups in total. The molecule has 1 nitrogen and oxygen atoms in total. The summed E-state index contributed by atoms with van der Waals surface area (Å²) in [5.74, 6) is -0.383. The van der Waals surface area contributed by atoms with Gasteiger partial charge in [-0.2, -0.15) is 0 Å². The third-order valence-corrected chi connectivity index (χ3v) is 4.69. The first kappa shape index (κ1) is 17.6. The van der Waals surface area contributed by atoms with Crippen molar-refractivity contribution < 1.29 is 4.79 Å². The fraction of sp³-hybridized carbons (Fsp3) is 0.235. The zero-order valence-corrected chi connectivity index (χ0v) is 14.8. The molecule has 0 saturated heterocycles. The number of carbonyl (C=O) groups is 1. The van der Waals surface area contributed by atoms with Gasteiger partial charge in [-0.1, -0.05) is 59.1 Å². The van der Waals surface area contributed by atoms with Crippen molar-refractivity contribution in [2.24, 2.45) is 0 Å². The number of ketones is 1. The maximum Gasteiger partial charge on any atom is 0.198 e. The highest BCUT2D eigenvalue weighted by atomic mass is 35.5. The van der Waals surface area contributed by atoms with Crippen molar-refractivity contribution in [3.8, 4) is 0 Å². The van der Waals surface area contributed by atoms with E-state index in [-0.39, 0.29) is 12.2 Å². The summed E-state index contributed by atoms with van der Waals surface area (Å²) in [6, 6.07) is 14.1. The van der Waals surface area contributed by atoms with Gasteiger partial charge < -0.3 is 0 Å². The molecule has 0 fully saturated rings. The van der Waals surface area contributed by atoms with Gasteiger partial charge in [0.15, 0.2) is 10.1 Å². The molecule has 0 saturated carbocycles. The molecule has 1 atom stereocenters. The van der Waals surface area contributed by atoms with Gasteiger partial charge in [-0.15, -0.1) is 11.6 Å². The predicted molar refractivity (Wildman–Crippen MR) is 94.6 cm³/mol. The maximum absolute atomic E-state index is 12.5. The molecule has 0 aliphatic heterocycles. The lowest BCUT2D eigenvalue weighted by atomic mass is 9.98. The molecule has 0 heterocycles. The molecule has 2 aromatic rings. The molecule has 5 heteroatoms. The Morgan fingerprint density at radius 2 is 1.68 bits per heavy atom. The lowest BCUT2D eigenvalue weighted by molar-refractivity contribution is 0.0968. The molecule has 2 aromatic carbocycles. The van der Waals surface area contributed by atoms with Crippen LogP contribution in [0, 0.1) is 6.92 Å². The summed E-state index contributed by atoms with van der Waals surface area (Å²) in [7, 11) is 0. The second-order valence-corrected chi connectivity index (χ2v) is 7.52. The van der Waals surface area contributed by atoms with E-state index in [4.69, 9.17) is 46.4 Å². The van der Waals surface area contributed by atoms with Gasteiger partial charge in [0.1, 0.15) is 0 Å². The van der Waals surface area contributed by atoms with Crippen LogP contribution < -0.4 is 0 Å². The van der Waals surface area contributed by atoms with Gasteiger partial charge in [0.25, 0.3) is 0 Å². The van der Waals surface area contributed by atoms with E-state index in [1.807, 2.05) is 31.2 Å². The normalized spacial score (nSPS) is 13.0. The minimum atomic E-state index is -1.59. The van der Waals surface area contributed by atoms with Crippen LogP contribution in [0.5, 0.6) is 0 Å². The van der Waals surface area contributed by atoms with E-state index in [2.05, 4.69) is 0 Å². The Hall–Kier alpha value is -0.730. The van der Waals surface area contributed by atoms with Gasteiger partial charge in [-0.25, -0.2) is 0 Å². The van der Waals surface area contributed by atoms with Crippen molar-refractivity contribution in [1.29, 1.82) is 0 Å². The topological polar surface area (TPSA) is 17.1 Å². The summed E-state index contributed by atoms with van der Waals surface area (Å²) in [5.41, 5.74) is 2.35. The van der Waals surface area contributed by atoms with E-state index in [0.717, 1.165) is 11.1 Å². The number of benzene rings is 2. The number of alkyl halides is 3. The van der Waals surface area contributed by atoms with E-state index in [0.29, 0.717) is 10.6 Å². The van der Waals surface area contributed by atoms with Crippen LogP contribution in [0.4, 0.5) is 0 Å². The standard InChI is InChI=1S/C17H14Cl4O/c1-11-4-2-3-5-14(11)15(19)10-17(20,21)16(22)12-6-8-13(18)9-7-12/h2-9,15H,10H2,1H3. The molecule has 2 rings (SSSR count). The Kier molecular flexibility index (Phi) is 5.79. The highest BCUT2D eigenvalue weighted by Crippen LogP contribution is 2.39. The first-order chi connectivity index (χ1) is 10.3. The summed E-state index contributed by atoms with van der Waals surface area (Å²) in [6.07, 6.45) is 0.115. The number of hydrogen-bond acceptors (Lipinski definition) is 1. The Bertz CT molecular complexity index is 665. The van der Waals surface area contributed by atoms with Crippen LogP contribution in [-0.2, 0) is 0 Å². The number of halogens is 4. The van der Waals surface area contributed by atoms with Gasteiger partial charge in [0.05, 0.1) is 5.38 Å². The molecule has 22 heavy (non-hydrogen) atoms. The Morgan fingerprint density at radius 3 is 2.27 bits per heavy atom. The van der Waals surface area contributed by atoms with Crippen LogP contribution in [0.25, 0.3) is 0 Å². The number of aryl methyl sites for hydroxylation is 1. The van der Waals surface area contributed by atoms with Crippen LogP contribution >= 0.6 is 46.4 Å². The van der Waals surface area contributed by atoms with Crippen molar-refractivity contribution in [3.05, 3.63) is 70.2 Å². The first-order valence-electron chi connectivity index (χ1n) is 6.69. The van der Waals surface area contributed by atoms with Crippen LogP contribution in [0.3, 0.4) is 0 Å². The average molecular weight is 376 g/mol. The molecule has 0 amide bonds. The summed E-state index contributed by atoms with van der Waals surface area (Å²) in [5, 5.41) is 0.0916. The fourth-order valence-corrected chi connectivity index (χ4v) is 3.47. The predicted octanol–water partition coefficient (Wildman–Crippen LogP) is 6.38. The Morgan fingerprint density at radius 1 is 1.09 bits per heavy atom. The third kappa shape index (κ3) is 4.17. The zero-order chi connectivity index (χ0) is 16.3. The van der Waals surface area contributed by atoms with Crippen molar-refractivity contribution >= 4 is 52.2 Å². The molecule has 0 aliphatic carbocycles. The second kappa shape index (κ2) is 7.23. The Labute approximate surface area is 150 Å². The summed E-state index contributed by atoms with van der Waals surface area (Å²) in [6.45, 7) is 1.95. The highest BCUT2D eigenvalue weighted by molar-refractivity contribution is 6.60. The van der Waals surface area contributed by atoms with Gasteiger partial charge in [0.2, 0.25) is 0 Å². The monoisotopic (exact) mass is 374 g/mol. The third-order valence-electron chi connectivity index (χ3n) is 3.40. The average Bonchev–Trinajstić information content (AvgIpc) is 2.47. The van der Waals surface area contributed by atoms with Crippen LogP contribution in [0.1, 0.15) is 33.3 Å². The van der Waals surface area contributed by atoms with Gasteiger partial charge >= 0.3 is 0 Å². The van der Waals surface area contributed by atoms with Crippen LogP contribution in [-0.4, -0.2) is 10.1 Å². The number of Topliss-reactive ketones (excluding diaryl/α,β-unsaturated/α-hetero) is 1. The van der Waals surface area contributed by atoms with Gasteiger partial charge in [0, 0.05) is 17.0 Å². The van der Waals surface area contributed by atoms with Crippen LogP contribution in [0.15, 0.2) is 48.5 Å². The smallest absolute Gasteiger partial charge is 0.198 e. The lowest BCUT2D eigenvalue weighted by Gasteiger charge is -2.22.